The Bertz CT molecular complexity index is 382. The molecule has 0 spiro atoms. The van der Waals surface area contributed by atoms with Crippen LogP contribution >= 0.6 is 0 Å². The van der Waals surface area contributed by atoms with E-state index in [0.29, 0.717) is 0 Å². The molecule has 7 heteroatoms. The minimum Gasteiger partial charge on any atom is -0.390 e. The number of carbonyl (C=O) groups is 1. The molecule has 0 radical (unpaired) electrons. The third-order valence-electron chi connectivity index (χ3n) is 1.84. The number of urea groups is 1. The van der Waals surface area contributed by atoms with Gasteiger partial charge in [-0.1, -0.05) is 0 Å². The van der Waals surface area contributed by atoms with Gasteiger partial charge < -0.3 is 15.7 Å². The second kappa shape index (κ2) is 5.53. The van der Waals surface area contributed by atoms with Crippen LogP contribution in [0.3, 0.4) is 0 Å². The summed E-state index contributed by atoms with van der Waals surface area (Å²) in [6, 6.07) is 3.97. The highest BCUT2D eigenvalue weighted by Crippen LogP contribution is 2.10. The molecule has 0 fully saturated rings. The fourth-order valence-electron chi connectivity index (χ4n) is 0.974. The molecule has 2 amide bonds. The highest BCUT2D eigenvalue weighted by molar-refractivity contribution is 5.89. The smallest absolute Gasteiger partial charge is 0.319 e. The van der Waals surface area contributed by atoms with Crippen LogP contribution in [0.5, 0.6) is 0 Å². The lowest BCUT2D eigenvalue weighted by atomic mass is 10.3. The molecule has 0 unspecified atom stereocenters. The van der Waals surface area contributed by atoms with Gasteiger partial charge in [0.05, 0.1) is 6.54 Å². The van der Waals surface area contributed by atoms with Gasteiger partial charge in [0, 0.05) is 5.69 Å². The first-order valence-electron chi connectivity index (χ1n) is 4.72. The van der Waals surface area contributed by atoms with Crippen molar-refractivity contribution in [3.05, 3.63) is 30.1 Å². The van der Waals surface area contributed by atoms with Crippen LogP contribution in [0.2, 0.25) is 0 Å². The highest BCUT2D eigenvalue weighted by atomic mass is 19.3. The molecule has 0 saturated carbocycles. The molecule has 0 saturated heterocycles. The zero-order valence-corrected chi connectivity index (χ0v) is 8.71. The molecule has 0 atom stereocenters. The lowest BCUT2D eigenvalue weighted by Gasteiger charge is -2.14. The Morgan fingerprint density at radius 2 is 1.88 bits per heavy atom. The summed E-state index contributed by atoms with van der Waals surface area (Å²) in [4.78, 5) is 11.1. The minimum atomic E-state index is -3.36. The first-order valence-corrected chi connectivity index (χ1v) is 4.72. The Morgan fingerprint density at radius 1 is 1.29 bits per heavy atom. The molecule has 17 heavy (non-hydrogen) atoms. The van der Waals surface area contributed by atoms with Gasteiger partial charge in [-0.2, -0.15) is 0 Å². The van der Waals surface area contributed by atoms with Gasteiger partial charge in [0.1, 0.15) is 12.4 Å². The third-order valence-corrected chi connectivity index (χ3v) is 1.84. The Hall–Kier alpha value is -1.76. The first kappa shape index (κ1) is 13.3. The molecule has 1 rings (SSSR count). The SMILES string of the molecule is O=C(NCC(F)(F)CO)Nc1ccc(F)cc1. The summed E-state index contributed by atoms with van der Waals surface area (Å²) in [6.07, 6.45) is 0. The van der Waals surface area contributed by atoms with E-state index >= 15 is 0 Å². The maximum atomic E-state index is 12.6. The van der Waals surface area contributed by atoms with Crippen LogP contribution in [-0.2, 0) is 0 Å². The number of aliphatic hydroxyl groups is 1. The summed E-state index contributed by atoms with van der Waals surface area (Å²) in [7, 11) is 0. The number of nitrogens with one attached hydrogen (secondary N) is 2. The topological polar surface area (TPSA) is 61.4 Å². The van der Waals surface area contributed by atoms with Gasteiger partial charge >= 0.3 is 6.03 Å². The van der Waals surface area contributed by atoms with E-state index in [1.807, 2.05) is 5.32 Å². The van der Waals surface area contributed by atoms with E-state index in [2.05, 4.69) is 5.32 Å². The first-order chi connectivity index (χ1) is 7.93. The zero-order chi connectivity index (χ0) is 12.9. The summed E-state index contributed by atoms with van der Waals surface area (Å²) in [5.41, 5.74) is 0.274. The van der Waals surface area contributed by atoms with E-state index < -0.39 is 30.9 Å². The van der Waals surface area contributed by atoms with Gasteiger partial charge in [0.25, 0.3) is 5.92 Å². The van der Waals surface area contributed by atoms with Crippen LogP contribution < -0.4 is 10.6 Å². The van der Waals surface area contributed by atoms with Crippen LogP contribution in [0, 0.1) is 5.82 Å². The molecular formula is C10H11F3N2O2. The van der Waals surface area contributed by atoms with E-state index in [4.69, 9.17) is 5.11 Å². The summed E-state index contributed by atoms with van der Waals surface area (Å²) < 4.78 is 37.6. The lowest BCUT2D eigenvalue weighted by Crippen LogP contribution is -2.40. The second-order valence-corrected chi connectivity index (χ2v) is 3.33. The molecule has 0 heterocycles. The van der Waals surface area contributed by atoms with Crippen LogP contribution in [-0.4, -0.2) is 30.2 Å². The molecule has 0 bridgehead atoms. The Balaban J connectivity index is 2.42. The number of alkyl halides is 2. The molecule has 4 nitrogen and oxygen atoms in total. The fraction of sp³-hybridized carbons (Fsp3) is 0.300. The van der Waals surface area contributed by atoms with Crippen LogP contribution in [0.15, 0.2) is 24.3 Å². The van der Waals surface area contributed by atoms with E-state index in [-0.39, 0.29) is 5.69 Å². The van der Waals surface area contributed by atoms with Crippen molar-refractivity contribution in [3.8, 4) is 0 Å². The van der Waals surface area contributed by atoms with Crippen molar-refractivity contribution in [2.45, 2.75) is 5.92 Å². The summed E-state index contributed by atoms with van der Waals surface area (Å²) >= 11 is 0. The Kier molecular flexibility index (Phi) is 4.33. The monoisotopic (exact) mass is 248 g/mol. The molecule has 0 aromatic heterocycles. The molecule has 1 aromatic rings. The van der Waals surface area contributed by atoms with Gasteiger partial charge in [-0.15, -0.1) is 0 Å². The minimum absolute atomic E-state index is 0.274. The van der Waals surface area contributed by atoms with Gasteiger partial charge in [-0.25, -0.2) is 18.0 Å². The molecular weight excluding hydrogens is 237 g/mol. The average molecular weight is 248 g/mol. The molecule has 94 valence electrons. The average Bonchev–Trinajstić information content (AvgIpc) is 2.30. The fourth-order valence-corrected chi connectivity index (χ4v) is 0.974. The third kappa shape index (κ3) is 4.73. The van der Waals surface area contributed by atoms with Crippen LogP contribution in [0.25, 0.3) is 0 Å². The Labute approximate surface area is 95.4 Å². The van der Waals surface area contributed by atoms with Crippen molar-refractivity contribution in [2.75, 3.05) is 18.5 Å². The largest absolute Gasteiger partial charge is 0.390 e. The number of halogens is 3. The van der Waals surface area contributed by atoms with Gasteiger partial charge in [-0.05, 0) is 24.3 Å². The zero-order valence-electron chi connectivity index (χ0n) is 8.71. The van der Waals surface area contributed by atoms with Crippen molar-refractivity contribution in [2.24, 2.45) is 0 Å². The van der Waals surface area contributed by atoms with Gasteiger partial charge in [0.15, 0.2) is 0 Å². The molecule has 0 aliphatic carbocycles. The van der Waals surface area contributed by atoms with Crippen molar-refractivity contribution in [1.29, 1.82) is 0 Å². The quantitative estimate of drug-likeness (QED) is 0.757. The summed E-state index contributed by atoms with van der Waals surface area (Å²) in [5, 5.41) is 12.4. The number of anilines is 1. The van der Waals surface area contributed by atoms with Crippen molar-refractivity contribution in [3.63, 3.8) is 0 Å². The van der Waals surface area contributed by atoms with Gasteiger partial charge in [0.2, 0.25) is 0 Å². The normalized spacial score (nSPS) is 11.1. The van der Waals surface area contributed by atoms with E-state index in [1.165, 1.54) is 12.1 Å². The van der Waals surface area contributed by atoms with E-state index in [1.54, 1.807) is 0 Å². The number of hydrogen-bond donors (Lipinski definition) is 3. The molecule has 3 N–H and O–H groups in total. The molecule has 0 aliphatic rings. The standard InChI is InChI=1S/C10H11F3N2O2/c11-7-1-3-8(4-2-7)15-9(17)14-5-10(12,13)6-16/h1-4,16H,5-6H2,(H2,14,15,17). The predicted molar refractivity (Wildman–Crippen MR) is 55.5 cm³/mol. The van der Waals surface area contributed by atoms with E-state index in [9.17, 15) is 18.0 Å². The van der Waals surface area contributed by atoms with E-state index in [0.717, 1.165) is 12.1 Å². The number of hydrogen-bond acceptors (Lipinski definition) is 2. The number of aliphatic hydroxyl groups excluding tert-OH is 1. The summed E-state index contributed by atoms with van der Waals surface area (Å²) in [6.45, 7) is -2.32. The maximum Gasteiger partial charge on any atom is 0.319 e. The summed E-state index contributed by atoms with van der Waals surface area (Å²) in [5.74, 6) is -3.83. The molecule has 1 aromatic carbocycles. The van der Waals surface area contributed by atoms with Crippen molar-refractivity contribution < 1.29 is 23.1 Å². The predicted octanol–water partition coefficient (Wildman–Crippen LogP) is 1.57. The lowest BCUT2D eigenvalue weighted by molar-refractivity contribution is -0.0451. The van der Waals surface area contributed by atoms with Gasteiger partial charge in [-0.3, -0.25) is 0 Å². The number of amides is 2. The van der Waals surface area contributed by atoms with Crippen LogP contribution in [0.1, 0.15) is 0 Å². The van der Waals surface area contributed by atoms with Crippen molar-refractivity contribution >= 4 is 11.7 Å². The number of benzene rings is 1. The molecule has 0 aliphatic heterocycles. The second-order valence-electron chi connectivity index (χ2n) is 3.33. The maximum absolute atomic E-state index is 12.6. The highest BCUT2D eigenvalue weighted by Gasteiger charge is 2.28. The van der Waals surface area contributed by atoms with Crippen LogP contribution in [0.4, 0.5) is 23.7 Å². The Morgan fingerprint density at radius 3 is 2.41 bits per heavy atom. The number of rotatable bonds is 4. The van der Waals surface area contributed by atoms with Crippen molar-refractivity contribution in [1.82, 2.24) is 5.32 Å². The number of carbonyl (C=O) groups excluding carboxylic acids is 1.